The predicted octanol–water partition coefficient (Wildman–Crippen LogP) is 7.75. The van der Waals surface area contributed by atoms with Crippen LogP contribution in [-0.2, 0) is 4.79 Å². The Hall–Kier alpha value is -0.153. The van der Waals surface area contributed by atoms with Crippen LogP contribution in [0, 0.1) is 28.6 Å². The third kappa shape index (κ3) is 5.19. The van der Waals surface area contributed by atoms with E-state index in [0.717, 1.165) is 37.5 Å². The van der Waals surface area contributed by atoms with E-state index in [-0.39, 0.29) is 10.5 Å². The van der Waals surface area contributed by atoms with Gasteiger partial charge in [0.2, 0.25) is 0 Å². The van der Waals surface area contributed by atoms with E-state index < -0.39 is 8.32 Å². The molecule has 170 valence electrons. The average Bonchev–Trinajstić information content (AvgIpc) is 2.98. The van der Waals surface area contributed by atoms with Crippen LogP contribution in [0.2, 0.25) is 18.1 Å². The fourth-order valence-electron chi connectivity index (χ4n) is 7.00. The SMILES string of the molecule is CCC(CC)(CCC[C@H](C)[C@H]1CC[C@H]2C(=O)CCC[C@]12C)CC(C)(C)[Si](C)(C)O. The molecular weight excluding hydrogens is 372 g/mol. The zero-order chi connectivity index (χ0) is 22.1. The molecule has 2 aliphatic rings. The minimum atomic E-state index is -2.18. The van der Waals surface area contributed by atoms with Crippen LogP contribution in [0.4, 0.5) is 0 Å². The molecule has 2 nitrogen and oxygen atoms in total. The van der Waals surface area contributed by atoms with Gasteiger partial charge in [-0.3, -0.25) is 4.79 Å². The van der Waals surface area contributed by atoms with Gasteiger partial charge in [0.05, 0.1) is 0 Å². The Morgan fingerprint density at radius 2 is 1.83 bits per heavy atom. The first kappa shape index (κ1) is 25.1. The quantitative estimate of drug-likeness (QED) is 0.365. The molecule has 0 spiro atoms. The van der Waals surface area contributed by atoms with Gasteiger partial charge in [-0.15, -0.1) is 0 Å². The molecule has 4 atom stereocenters. The van der Waals surface area contributed by atoms with E-state index in [4.69, 9.17) is 0 Å². The summed E-state index contributed by atoms with van der Waals surface area (Å²) < 4.78 is 0. The summed E-state index contributed by atoms with van der Waals surface area (Å²) in [6.45, 7) is 18.4. The van der Waals surface area contributed by atoms with Crippen molar-refractivity contribution < 1.29 is 9.59 Å². The first-order chi connectivity index (χ1) is 13.3. The summed E-state index contributed by atoms with van der Waals surface area (Å²) in [5.74, 6) is 2.36. The zero-order valence-corrected chi connectivity index (χ0v) is 21.9. The predicted molar refractivity (Wildman–Crippen MR) is 128 cm³/mol. The van der Waals surface area contributed by atoms with Crippen molar-refractivity contribution >= 4 is 14.1 Å². The van der Waals surface area contributed by atoms with Crippen molar-refractivity contribution in [3.63, 3.8) is 0 Å². The number of Topliss-reactive ketones (excluding diaryl/α,β-unsaturated/α-hetero) is 1. The van der Waals surface area contributed by atoms with E-state index in [9.17, 15) is 9.59 Å². The lowest BCUT2D eigenvalue weighted by atomic mass is 9.61. The van der Waals surface area contributed by atoms with E-state index >= 15 is 0 Å². The average molecular weight is 423 g/mol. The van der Waals surface area contributed by atoms with Crippen molar-refractivity contribution in [3.05, 3.63) is 0 Å². The first-order valence-corrected chi connectivity index (χ1v) is 15.5. The Morgan fingerprint density at radius 1 is 1.21 bits per heavy atom. The molecule has 0 unspecified atom stereocenters. The highest BCUT2D eigenvalue weighted by Crippen LogP contribution is 2.57. The van der Waals surface area contributed by atoms with Crippen molar-refractivity contribution in [1.29, 1.82) is 0 Å². The highest BCUT2D eigenvalue weighted by molar-refractivity contribution is 6.72. The topological polar surface area (TPSA) is 37.3 Å². The van der Waals surface area contributed by atoms with E-state index in [0.29, 0.717) is 17.1 Å². The molecule has 2 aliphatic carbocycles. The Balaban J connectivity index is 1.98. The van der Waals surface area contributed by atoms with Gasteiger partial charge in [0, 0.05) is 12.3 Å². The second kappa shape index (κ2) is 9.15. The van der Waals surface area contributed by atoms with Crippen molar-refractivity contribution in [2.75, 3.05) is 0 Å². The molecule has 2 fully saturated rings. The molecule has 1 N–H and O–H groups in total. The Morgan fingerprint density at radius 3 is 2.38 bits per heavy atom. The van der Waals surface area contributed by atoms with Crippen LogP contribution in [0.1, 0.15) is 112 Å². The highest BCUT2D eigenvalue weighted by atomic mass is 28.4. The molecule has 0 bridgehead atoms. The summed E-state index contributed by atoms with van der Waals surface area (Å²) in [5.41, 5.74) is 0.634. The molecular formula is C26H50O2Si. The second-order valence-corrected chi connectivity index (χ2v) is 16.7. The Bertz CT molecular complexity index is 558. The van der Waals surface area contributed by atoms with E-state index in [2.05, 4.69) is 54.6 Å². The third-order valence-electron chi connectivity index (χ3n) is 9.96. The number of rotatable bonds is 10. The van der Waals surface area contributed by atoms with Gasteiger partial charge in [0.1, 0.15) is 5.78 Å². The third-order valence-corrected chi connectivity index (χ3v) is 13.5. The van der Waals surface area contributed by atoms with Gasteiger partial charge < -0.3 is 4.80 Å². The van der Waals surface area contributed by atoms with E-state index in [1.165, 1.54) is 44.9 Å². The monoisotopic (exact) mass is 422 g/mol. The molecule has 0 aromatic heterocycles. The van der Waals surface area contributed by atoms with Gasteiger partial charge in [-0.1, -0.05) is 67.2 Å². The number of hydrogen-bond acceptors (Lipinski definition) is 2. The molecule has 0 heterocycles. The van der Waals surface area contributed by atoms with Gasteiger partial charge >= 0.3 is 0 Å². The van der Waals surface area contributed by atoms with Crippen LogP contribution in [0.15, 0.2) is 0 Å². The van der Waals surface area contributed by atoms with Crippen LogP contribution in [0.3, 0.4) is 0 Å². The molecule has 0 aliphatic heterocycles. The lowest BCUT2D eigenvalue weighted by molar-refractivity contribution is -0.130. The number of fused-ring (bicyclic) bond motifs is 1. The molecule has 29 heavy (non-hydrogen) atoms. The second-order valence-electron chi connectivity index (χ2n) is 12.3. The fraction of sp³-hybridized carbons (Fsp3) is 0.962. The molecule has 0 saturated heterocycles. The maximum atomic E-state index is 12.5. The largest absolute Gasteiger partial charge is 0.432 e. The maximum Gasteiger partial charge on any atom is 0.188 e. The standard InChI is InChI=1S/C26H50O2Si/c1-9-26(10-2,19-24(4,5)29(7,8)28)18-11-13-20(3)21-15-16-22-23(27)14-12-17-25(21,22)6/h20-22,28H,9-19H2,1-8H3/t20-,21+,22-,25+/m0/s1. The number of ketones is 1. The first-order valence-electron chi connectivity index (χ1n) is 12.6. The zero-order valence-electron chi connectivity index (χ0n) is 20.9. The molecule has 2 saturated carbocycles. The Kier molecular flexibility index (Phi) is 7.92. The maximum absolute atomic E-state index is 12.5. The van der Waals surface area contributed by atoms with Crippen molar-refractivity contribution in [2.45, 2.75) is 130 Å². The normalized spacial score (nSPS) is 29.8. The van der Waals surface area contributed by atoms with Crippen molar-refractivity contribution in [1.82, 2.24) is 0 Å². The Labute approximate surface area is 182 Å². The van der Waals surface area contributed by atoms with Gasteiger partial charge in [-0.25, -0.2) is 0 Å². The summed E-state index contributed by atoms with van der Waals surface area (Å²) in [6, 6.07) is 0. The number of carbonyl (C=O) groups excluding carboxylic acids is 1. The van der Waals surface area contributed by atoms with Gasteiger partial charge in [-0.05, 0) is 79.3 Å². The molecule has 0 amide bonds. The van der Waals surface area contributed by atoms with Crippen LogP contribution >= 0.6 is 0 Å². The van der Waals surface area contributed by atoms with Gasteiger partial charge in [0.25, 0.3) is 0 Å². The van der Waals surface area contributed by atoms with E-state index in [1.54, 1.807) is 0 Å². The molecule has 0 radical (unpaired) electrons. The van der Waals surface area contributed by atoms with Gasteiger partial charge in [0.15, 0.2) is 8.32 Å². The van der Waals surface area contributed by atoms with Crippen LogP contribution < -0.4 is 0 Å². The van der Waals surface area contributed by atoms with Crippen molar-refractivity contribution in [3.8, 4) is 0 Å². The van der Waals surface area contributed by atoms with Crippen LogP contribution in [0.25, 0.3) is 0 Å². The summed E-state index contributed by atoms with van der Waals surface area (Å²) in [5, 5.41) is 0.0548. The molecule has 0 aromatic carbocycles. The smallest absolute Gasteiger partial charge is 0.188 e. The lowest BCUT2D eigenvalue weighted by Crippen LogP contribution is -2.42. The molecule has 2 rings (SSSR count). The fourth-order valence-corrected chi connectivity index (χ4v) is 7.81. The minimum absolute atomic E-state index is 0.0548. The summed E-state index contributed by atoms with van der Waals surface area (Å²) in [7, 11) is -2.18. The summed E-state index contributed by atoms with van der Waals surface area (Å²) in [4.78, 5) is 23.3. The lowest BCUT2D eigenvalue weighted by Gasteiger charge is -2.45. The number of hydrogen-bond donors (Lipinski definition) is 1. The molecule has 0 aromatic rings. The van der Waals surface area contributed by atoms with Crippen LogP contribution in [0.5, 0.6) is 0 Å². The molecule has 3 heteroatoms. The van der Waals surface area contributed by atoms with Crippen molar-refractivity contribution in [2.24, 2.45) is 28.6 Å². The minimum Gasteiger partial charge on any atom is -0.432 e. The summed E-state index contributed by atoms with van der Waals surface area (Å²) in [6.07, 6.45) is 13.0. The highest BCUT2D eigenvalue weighted by Gasteiger charge is 2.52. The van der Waals surface area contributed by atoms with E-state index in [1.807, 2.05) is 0 Å². The van der Waals surface area contributed by atoms with Crippen LogP contribution in [-0.4, -0.2) is 18.9 Å². The van der Waals surface area contributed by atoms with Gasteiger partial charge in [-0.2, -0.15) is 0 Å². The number of carbonyl (C=O) groups is 1. The summed E-state index contributed by atoms with van der Waals surface area (Å²) >= 11 is 0.